The Morgan fingerprint density at radius 1 is 1.32 bits per heavy atom. The highest BCUT2D eigenvalue weighted by Crippen LogP contribution is 2.28. The van der Waals surface area contributed by atoms with Crippen molar-refractivity contribution in [1.29, 1.82) is 0 Å². The molecule has 130 valence electrons. The van der Waals surface area contributed by atoms with Gasteiger partial charge in [0.25, 0.3) is 11.8 Å². The zero-order valence-electron chi connectivity index (χ0n) is 13.7. The summed E-state index contributed by atoms with van der Waals surface area (Å²) in [4.78, 5) is 29.3. The highest BCUT2D eigenvalue weighted by molar-refractivity contribution is 5.99. The lowest BCUT2D eigenvalue weighted by Crippen LogP contribution is -2.46. The van der Waals surface area contributed by atoms with Crippen molar-refractivity contribution in [3.8, 4) is 0 Å². The summed E-state index contributed by atoms with van der Waals surface area (Å²) in [5, 5.41) is 10.2. The van der Waals surface area contributed by atoms with Crippen molar-refractivity contribution >= 4 is 17.5 Å². The molecule has 8 nitrogen and oxygen atoms in total. The SMILES string of the molecule is Cc1cc(C(=O)NCC2=NOC(Cc3ccccc3)(C(N)=O)C2)no1. The Bertz CT molecular complexity index is 815. The minimum absolute atomic E-state index is 0.133. The van der Waals surface area contributed by atoms with Gasteiger partial charge in [0.1, 0.15) is 5.76 Å². The number of nitrogens with zero attached hydrogens (tertiary/aromatic N) is 2. The largest absolute Gasteiger partial charge is 0.378 e. The lowest BCUT2D eigenvalue weighted by molar-refractivity contribution is -0.140. The maximum absolute atomic E-state index is 12.0. The van der Waals surface area contributed by atoms with Crippen LogP contribution in [0.25, 0.3) is 0 Å². The Morgan fingerprint density at radius 3 is 2.72 bits per heavy atom. The number of hydrogen-bond donors (Lipinski definition) is 2. The number of primary amides is 1. The van der Waals surface area contributed by atoms with Crippen LogP contribution in [0.15, 0.2) is 46.1 Å². The van der Waals surface area contributed by atoms with Crippen LogP contribution in [0.5, 0.6) is 0 Å². The maximum Gasteiger partial charge on any atom is 0.273 e. The summed E-state index contributed by atoms with van der Waals surface area (Å²) in [5.74, 6) is -0.435. The average molecular weight is 342 g/mol. The number of carbonyl (C=O) groups excluding carboxylic acids is 2. The second-order valence-corrected chi connectivity index (χ2v) is 5.95. The molecule has 2 aromatic rings. The number of nitrogens with one attached hydrogen (secondary N) is 1. The summed E-state index contributed by atoms with van der Waals surface area (Å²) in [6.45, 7) is 1.83. The van der Waals surface area contributed by atoms with Gasteiger partial charge in [-0.2, -0.15) is 0 Å². The summed E-state index contributed by atoms with van der Waals surface area (Å²) in [5.41, 5.74) is 5.95. The summed E-state index contributed by atoms with van der Waals surface area (Å²) < 4.78 is 4.86. The van der Waals surface area contributed by atoms with E-state index in [9.17, 15) is 9.59 Å². The second-order valence-electron chi connectivity index (χ2n) is 5.95. The highest BCUT2D eigenvalue weighted by atomic mass is 16.7. The molecule has 1 aliphatic rings. The van der Waals surface area contributed by atoms with Crippen LogP contribution in [-0.2, 0) is 16.1 Å². The van der Waals surface area contributed by atoms with Gasteiger partial charge in [-0.1, -0.05) is 40.6 Å². The summed E-state index contributed by atoms with van der Waals surface area (Å²) in [6, 6.07) is 11.0. The first kappa shape index (κ1) is 16.7. The molecule has 1 aromatic heterocycles. The van der Waals surface area contributed by atoms with E-state index in [0.29, 0.717) is 17.9 Å². The van der Waals surface area contributed by atoms with Crippen LogP contribution in [0, 0.1) is 6.92 Å². The molecule has 0 spiro atoms. The Morgan fingerprint density at radius 2 is 2.08 bits per heavy atom. The van der Waals surface area contributed by atoms with Gasteiger partial charge >= 0.3 is 0 Å². The van der Waals surface area contributed by atoms with E-state index < -0.39 is 11.5 Å². The van der Waals surface area contributed by atoms with Gasteiger partial charge < -0.3 is 20.4 Å². The first-order chi connectivity index (χ1) is 12.0. The van der Waals surface area contributed by atoms with Crippen LogP contribution >= 0.6 is 0 Å². The monoisotopic (exact) mass is 342 g/mol. The predicted octanol–water partition coefficient (Wildman–Crippen LogP) is 0.956. The number of rotatable bonds is 6. The maximum atomic E-state index is 12.0. The Balaban J connectivity index is 1.62. The van der Waals surface area contributed by atoms with E-state index in [2.05, 4.69) is 15.6 Å². The molecule has 8 heteroatoms. The van der Waals surface area contributed by atoms with Crippen molar-refractivity contribution in [3.05, 3.63) is 53.4 Å². The minimum Gasteiger partial charge on any atom is -0.378 e. The van der Waals surface area contributed by atoms with Crippen LogP contribution in [0.2, 0.25) is 0 Å². The van der Waals surface area contributed by atoms with Crippen molar-refractivity contribution in [2.75, 3.05) is 6.54 Å². The molecule has 0 aliphatic carbocycles. The van der Waals surface area contributed by atoms with E-state index in [1.165, 1.54) is 6.07 Å². The molecule has 2 amide bonds. The third kappa shape index (κ3) is 3.68. The molecular weight excluding hydrogens is 324 g/mol. The van der Waals surface area contributed by atoms with Crippen LogP contribution in [-0.4, -0.2) is 34.8 Å². The zero-order valence-corrected chi connectivity index (χ0v) is 13.7. The van der Waals surface area contributed by atoms with Gasteiger partial charge in [0.05, 0.1) is 12.3 Å². The minimum atomic E-state index is -1.23. The fourth-order valence-electron chi connectivity index (χ4n) is 2.63. The highest BCUT2D eigenvalue weighted by Gasteiger charge is 2.45. The van der Waals surface area contributed by atoms with Crippen molar-refractivity contribution in [3.63, 3.8) is 0 Å². The van der Waals surface area contributed by atoms with E-state index in [1.54, 1.807) is 6.92 Å². The van der Waals surface area contributed by atoms with Gasteiger partial charge in [0.2, 0.25) is 5.60 Å². The molecule has 0 saturated heterocycles. The predicted molar refractivity (Wildman–Crippen MR) is 88.8 cm³/mol. The van der Waals surface area contributed by atoms with Crippen molar-refractivity contribution in [1.82, 2.24) is 10.5 Å². The summed E-state index contributed by atoms with van der Waals surface area (Å²) >= 11 is 0. The molecule has 0 saturated carbocycles. The zero-order chi connectivity index (χ0) is 17.9. The molecule has 3 rings (SSSR count). The van der Waals surface area contributed by atoms with Gasteiger partial charge in [-0.3, -0.25) is 9.59 Å². The van der Waals surface area contributed by atoms with Crippen LogP contribution < -0.4 is 11.1 Å². The molecule has 3 N–H and O–H groups in total. The van der Waals surface area contributed by atoms with Gasteiger partial charge in [0.15, 0.2) is 5.69 Å². The standard InChI is InChI=1S/C17H18N4O4/c1-11-7-14(21-24-11)15(22)19-10-13-9-17(16(18)23,25-20-13)8-12-5-3-2-4-6-12/h2-7H,8-10H2,1H3,(H2,18,23)(H,19,22). The Kier molecular flexibility index (Phi) is 4.51. The number of amides is 2. The molecule has 1 aliphatic heterocycles. The molecule has 2 heterocycles. The first-order valence-corrected chi connectivity index (χ1v) is 7.78. The van der Waals surface area contributed by atoms with E-state index in [1.807, 2.05) is 30.3 Å². The molecule has 1 unspecified atom stereocenters. The number of benzene rings is 1. The topological polar surface area (TPSA) is 120 Å². The van der Waals surface area contributed by atoms with Gasteiger partial charge in [-0.15, -0.1) is 0 Å². The number of hydrogen-bond acceptors (Lipinski definition) is 6. The molecule has 0 fully saturated rings. The van der Waals surface area contributed by atoms with Gasteiger partial charge in [-0.25, -0.2) is 0 Å². The van der Waals surface area contributed by atoms with E-state index in [-0.39, 0.29) is 24.6 Å². The third-order valence-corrected chi connectivity index (χ3v) is 3.93. The second kappa shape index (κ2) is 6.76. The lowest BCUT2D eigenvalue weighted by Gasteiger charge is -2.22. The number of nitrogens with two attached hydrogens (primary N) is 1. The molecule has 0 bridgehead atoms. The van der Waals surface area contributed by atoms with E-state index >= 15 is 0 Å². The van der Waals surface area contributed by atoms with E-state index in [0.717, 1.165) is 5.56 Å². The van der Waals surface area contributed by atoms with Crippen molar-refractivity contribution in [2.24, 2.45) is 10.9 Å². The number of aromatic nitrogens is 1. The van der Waals surface area contributed by atoms with Gasteiger partial charge in [-0.05, 0) is 12.5 Å². The quantitative estimate of drug-likeness (QED) is 0.810. The Labute approximate surface area is 144 Å². The number of carbonyl (C=O) groups is 2. The molecule has 1 aromatic carbocycles. The van der Waals surface area contributed by atoms with Crippen LogP contribution in [0.4, 0.5) is 0 Å². The number of aryl methyl sites for hydroxylation is 1. The molecule has 25 heavy (non-hydrogen) atoms. The molecular formula is C17H18N4O4. The Hall–Kier alpha value is -3.16. The average Bonchev–Trinajstić information content (AvgIpc) is 3.21. The fraction of sp³-hybridized carbons (Fsp3) is 0.294. The summed E-state index contributed by atoms with van der Waals surface area (Å²) in [7, 11) is 0. The van der Waals surface area contributed by atoms with Gasteiger partial charge in [0, 0.05) is 18.9 Å². The van der Waals surface area contributed by atoms with E-state index in [4.69, 9.17) is 15.1 Å². The number of oxime groups is 1. The molecule has 1 atom stereocenters. The first-order valence-electron chi connectivity index (χ1n) is 7.78. The summed E-state index contributed by atoms with van der Waals surface area (Å²) in [6.07, 6.45) is 0.530. The van der Waals surface area contributed by atoms with Crippen LogP contribution in [0.1, 0.15) is 28.2 Å². The lowest BCUT2D eigenvalue weighted by atomic mass is 9.89. The normalized spacial score (nSPS) is 19.2. The van der Waals surface area contributed by atoms with Crippen molar-refractivity contribution < 1.29 is 18.9 Å². The van der Waals surface area contributed by atoms with Crippen molar-refractivity contribution in [2.45, 2.75) is 25.4 Å². The smallest absolute Gasteiger partial charge is 0.273 e. The molecule has 0 radical (unpaired) electrons. The third-order valence-electron chi connectivity index (χ3n) is 3.93. The van der Waals surface area contributed by atoms with Crippen LogP contribution in [0.3, 0.4) is 0 Å². The fourth-order valence-corrected chi connectivity index (χ4v) is 2.63.